The maximum atomic E-state index is 10.9. The van der Waals surface area contributed by atoms with Gasteiger partial charge in [-0.2, -0.15) is 0 Å². The van der Waals surface area contributed by atoms with Gasteiger partial charge in [0.2, 0.25) is 5.76 Å². The normalized spacial score (nSPS) is 11.7. The summed E-state index contributed by atoms with van der Waals surface area (Å²) >= 11 is 0. The molecule has 1 aromatic carbocycles. The number of aromatic carboxylic acids is 1. The molecule has 5 heteroatoms. The van der Waals surface area contributed by atoms with E-state index in [0.29, 0.717) is 5.58 Å². The van der Waals surface area contributed by atoms with Gasteiger partial charge in [0.15, 0.2) is 0 Å². The summed E-state index contributed by atoms with van der Waals surface area (Å²) in [6.45, 7) is 2.95. The topological polar surface area (TPSA) is 56.9 Å². The first kappa shape index (κ1) is 15.5. The third kappa shape index (κ3) is 4.31. The van der Waals surface area contributed by atoms with E-state index in [4.69, 9.17) is 9.52 Å². The Labute approximate surface area is 124 Å². The van der Waals surface area contributed by atoms with Crippen LogP contribution in [0.25, 0.3) is 11.0 Å². The van der Waals surface area contributed by atoms with E-state index in [1.165, 1.54) is 0 Å². The lowest BCUT2D eigenvalue weighted by Crippen LogP contribution is -2.23. The molecule has 1 heterocycles. The average molecular weight is 290 g/mol. The summed E-state index contributed by atoms with van der Waals surface area (Å²) < 4.78 is 5.26. The van der Waals surface area contributed by atoms with Crippen LogP contribution in [0, 0.1) is 0 Å². The van der Waals surface area contributed by atoms with E-state index in [1.807, 2.05) is 18.2 Å². The number of carbonyl (C=O) groups is 1. The minimum atomic E-state index is -1.03. The van der Waals surface area contributed by atoms with Crippen molar-refractivity contribution in [1.82, 2.24) is 9.80 Å². The molecule has 0 aliphatic heterocycles. The van der Waals surface area contributed by atoms with E-state index >= 15 is 0 Å². The molecule has 0 spiro atoms. The molecule has 0 saturated heterocycles. The number of hydrogen-bond acceptors (Lipinski definition) is 4. The Kier molecular flexibility index (Phi) is 4.98. The minimum absolute atomic E-state index is 0.0125. The number of furan rings is 1. The summed E-state index contributed by atoms with van der Waals surface area (Å²) in [4.78, 5) is 15.3. The van der Waals surface area contributed by atoms with Gasteiger partial charge in [-0.3, -0.25) is 0 Å². The van der Waals surface area contributed by atoms with Gasteiger partial charge in [-0.1, -0.05) is 6.07 Å². The SMILES string of the molecule is CN(C)CCCN(C)Cc1ccc2oc(C(=O)O)cc2c1. The number of carboxylic acid groups (broad SMARTS) is 1. The quantitative estimate of drug-likeness (QED) is 0.849. The molecule has 2 aromatic rings. The Bertz CT molecular complexity index is 619. The Hall–Kier alpha value is -1.85. The number of benzene rings is 1. The van der Waals surface area contributed by atoms with Gasteiger partial charge in [0.25, 0.3) is 0 Å². The minimum Gasteiger partial charge on any atom is -0.475 e. The summed E-state index contributed by atoms with van der Waals surface area (Å²) in [7, 11) is 6.25. The zero-order valence-corrected chi connectivity index (χ0v) is 12.8. The fourth-order valence-electron chi connectivity index (χ4n) is 2.34. The molecule has 0 aliphatic carbocycles. The van der Waals surface area contributed by atoms with E-state index in [0.717, 1.165) is 37.0 Å². The number of rotatable bonds is 7. The summed E-state index contributed by atoms with van der Waals surface area (Å²) in [5.41, 5.74) is 1.78. The van der Waals surface area contributed by atoms with Crippen LogP contribution in [0.15, 0.2) is 28.7 Å². The zero-order chi connectivity index (χ0) is 15.4. The molecule has 21 heavy (non-hydrogen) atoms. The fraction of sp³-hybridized carbons (Fsp3) is 0.438. The highest BCUT2D eigenvalue weighted by Crippen LogP contribution is 2.21. The first-order valence-electron chi connectivity index (χ1n) is 7.05. The lowest BCUT2D eigenvalue weighted by Gasteiger charge is -2.18. The van der Waals surface area contributed by atoms with Crippen LogP contribution in [0.2, 0.25) is 0 Å². The van der Waals surface area contributed by atoms with Crippen molar-refractivity contribution in [3.8, 4) is 0 Å². The van der Waals surface area contributed by atoms with Gasteiger partial charge >= 0.3 is 5.97 Å². The van der Waals surface area contributed by atoms with Crippen LogP contribution in [0.3, 0.4) is 0 Å². The molecule has 5 nitrogen and oxygen atoms in total. The van der Waals surface area contributed by atoms with Crippen molar-refractivity contribution in [1.29, 1.82) is 0 Å². The van der Waals surface area contributed by atoms with Crippen molar-refractivity contribution in [2.45, 2.75) is 13.0 Å². The highest BCUT2D eigenvalue weighted by atomic mass is 16.4. The second-order valence-corrected chi connectivity index (χ2v) is 5.68. The molecule has 0 aliphatic rings. The molecule has 0 radical (unpaired) electrons. The van der Waals surface area contributed by atoms with Crippen molar-refractivity contribution in [3.05, 3.63) is 35.6 Å². The molecule has 0 unspecified atom stereocenters. The molecule has 0 atom stereocenters. The second-order valence-electron chi connectivity index (χ2n) is 5.68. The first-order chi connectivity index (χ1) is 9.95. The largest absolute Gasteiger partial charge is 0.475 e. The highest BCUT2D eigenvalue weighted by Gasteiger charge is 2.11. The van der Waals surface area contributed by atoms with Crippen molar-refractivity contribution in [2.24, 2.45) is 0 Å². The Morgan fingerprint density at radius 3 is 2.62 bits per heavy atom. The molecule has 1 aromatic heterocycles. The Balaban J connectivity index is 2.00. The van der Waals surface area contributed by atoms with Gasteiger partial charge in [0, 0.05) is 11.9 Å². The van der Waals surface area contributed by atoms with Crippen LogP contribution in [0.1, 0.15) is 22.5 Å². The number of nitrogens with zero attached hydrogens (tertiary/aromatic N) is 2. The summed E-state index contributed by atoms with van der Waals surface area (Å²) in [6, 6.07) is 7.39. The van der Waals surface area contributed by atoms with Crippen molar-refractivity contribution < 1.29 is 14.3 Å². The second kappa shape index (κ2) is 6.74. The van der Waals surface area contributed by atoms with Gasteiger partial charge in [0.1, 0.15) is 5.58 Å². The third-order valence-corrected chi connectivity index (χ3v) is 3.39. The van der Waals surface area contributed by atoms with Crippen LogP contribution in [0.4, 0.5) is 0 Å². The molecule has 0 saturated carbocycles. The van der Waals surface area contributed by atoms with Gasteiger partial charge < -0.3 is 19.3 Å². The monoisotopic (exact) mass is 290 g/mol. The predicted molar refractivity (Wildman–Crippen MR) is 82.7 cm³/mol. The lowest BCUT2D eigenvalue weighted by atomic mass is 10.1. The number of hydrogen-bond donors (Lipinski definition) is 1. The highest BCUT2D eigenvalue weighted by molar-refractivity contribution is 5.91. The van der Waals surface area contributed by atoms with Gasteiger partial charge in [-0.05, 0) is 64.4 Å². The first-order valence-corrected chi connectivity index (χ1v) is 7.05. The molecular formula is C16H22N2O3. The van der Waals surface area contributed by atoms with Crippen molar-refractivity contribution in [2.75, 3.05) is 34.2 Å². The molecule has 114 valence electrons. The van der Waals surface area contributed by atoms with E-state index in [2.05, 4.69) is 30.9 Å². The molecule has 0 fully saturated rings. The Morgan fingerprint density at radius 1 is 1.19 bits per heavy atom. The van der Waals surface area contributed by atoms with Gasteiger partial charge in [0.05, 0.1) is 0 Å². The van der Waals surface area contributed by atoms with E-state index in [1.54, 1.807) is 6.07 Å². The van der Waals surface area contributed by atoms with E-state index in [-0.39, 0.29) is 5.76 Å². The van der Waals surface area contributed by atoms with Crippen LogP contribution in [-0.4, -0.2) is 55.1 Å². The van der Waals surface area contributed by atoms with Crippen LogP contribution in [0.5, 0.6) is 0 Å². The lowest BCUT2D eigenvalue weighted by molar-refractivity contribution is 0.0665. The standard InChI is InChI=1S/C16H22N2O3/c1-17(2)7-4-8-18(3)11-12-5-6-14-13(9-12)10-15(21-14)16(19)20/h5-6,9-10H,4,7-8,11H2,1-3H3,(H,19,20). The van der Waals surface area contributed by atoms with Crippen LogP contribution in [-0.2, 0) is 6.54 Å². The Morgan fingerprint density at radius 2 is 1.95 bits per heavy atom. The van der Waals surface area contributed by atoms with E-state index in [9.17, 15) is 4.79 Å². The smallest absolute Gasteiger partial charge is 0.371 e. The van der Waals surface area contributed by atoms with Gasteiger partial charge in [-0.15, -0.1) is 0 Å². The number of fused-ring (bicyclic) bond motifs is 1. The third-order valence-electron chi connectivity index (χ3n) is 3.39. The fourth-order valence-corrected chi connectivity index (χ4v) is 2.34. The summed E-state index contributed by atoms with van der Waals surface area (Å²) in [6.07, 6.45) is 1.13. The molecule has 0 amide bonds. The van der Waals surface area contributed by atoms with Crippen LogP contribution < -0.4 is 0 Å². The van der Waals surface area contributed by atoms with Gasteiger partial charge in [-0.25, -0.2) is 4.79 Å². The molecule has 1 N–H and O–H groups in total. The molecule has 0 bridgehead atoms. The summed E-state index contributed by atoms with van der Waals surface area (Å²) in [5, 5.41) is 9.78. The number of carboxylic acids is 1. The average Bonchev–Trinajstić information content (AvgIpc) is 2.81. The van der Waals surface area contributed by atoms with Crippen molar-refractivity contribution in [3.63, 3.8) is 0 Å². The van der Waals surface area contributed by atoms with Crippen molar-refractivity contribution >= 4 is 16.9 Å². The summed E-state index contributed by atoms with van der Waals surface area (Å²) in [5.74, 6) is -1.05. The molecular weight excluding hydrogens is 268 g/mol. The predicted octanol–water partition coefficient (Wildman–Crippen LogP) is 2.51. The maximum Gasteiger partial charge on any atom is 0.371 e. The maximum absolute atomic E-state index is 10.9. The molecule has 2 rings (SSSR count). The van der Waals surface area contributed by atoms with Crippen LogP contribution >= 0.6 is 0 Å². The van der Waals surface area contributed by atoms with E-state index < -0.39 is 5.97 Å². The zero-order valence-electron chi connectivity index (χ0n) is 12.8.